The average Bonchev–Trinajstić information content (AvgIpc) is 3.07. The summed E-state index contributed by atoms with van der Waals surface area (Å²) in [5, 5.41) is 0. The van der Waals surface area contributed by atoms with E-state index < -0.39 is 0 Å². The maximum Gasteiger partial charge on any atom is 0.260 e. The molecule has 0 aromatic rings. The van der Waals surface area contributed by atoms with Crippen molar-refractivity contribution in [1.29, 1.82) is 0 Å². The Labute approximate surface area is 132 Å². The molecule has 6 nitrogen and oxygen atoms in total. The zero-order chi connectivity index (χ0) is 14.3. The van der Waals surface area contributed by atoms with Crippen LogP contribution in [0.3, 0.4) is 0 Å². The number of nitrogens with zero attached hydrogens (tertiary/aromatic N) is 6. The SMILES string of the molecule is C1CN2CCC[N+]3=C2N(C1)[BH-]1[BH-]3N2CCCN3CCC[N+]1=C32. The summed E-state index contributed by atoms with van der Waals surface area (Å²) in [6, 6.07) is 0. The van der Waals surface area contributed by atoms with Gasteiger partial charge in [-0.3, -0.25) is 9.80 Å². The largest absolute Gasteiger partial charge is 0.448 e. The third-order valence-electron chi connectivity index (χ3n) is 7.28. The molecule has 2 fully saturated rings. The smallest absolute Gasteiger partial charge is 0.260 e. The maximum atomic E-state index is 2.87. The van der Waals surface area contributed by atoms with Crippen molar-refractivity contribution >= 4 is 25.7 Å². The van der Waals surface area contributed by atoms with Gasteiger partial charge >= 0.3 is 0 Å². The van der Waals surface area contributed by atoms with Crippen molar-refractivity contribution in [3.8, 4) is 0 Å². The summed E-state index contributed by atoms with van der Waals surface area (Å²) in [6.45, 7) is 9.71. The van der Waals surface area contributed by atoms with Crippen LogP contribution in [0.5, 0.6) is 0 Å². The lowest BCUT2D eigenvalue weighted by Gasteiger charge is -2.45. The van der Waals surface area contributed by atoms with Gasteiger partial charge in [0.25, 0.3) is 11.9 Å². The second-order valence-corrected chi connectivity index (χ2v) is 8.22. The Balaban J connectivity index is 1.51. The lowest BCUT2D eigenvalue weighted by atomic mass is 9.34. The molecule has 22 heavy (non-hydrogen) atoms. The highest BCUT2D eigenvalue weighted by molar-refractivity contribution is 7.16. The van der Waals surface area contributed by atoms with E-state index in [0.29, 0.717) is 0 Å². The van der Waals surface area contributed by atoms with Gasteiger partial charge in [-0.25, -0.2) is 0 Å². The van der Waals surface area contributed by atoms with Crippen molar-refractivity contribution in [3.05, 3.63) is 0 Å². The Kier molecular flexibility index (Phi) is 2.29. The fourth-order valence-electron chi connectivity index (χ4n) is 6.79. The van der Waals surface area contributed by atoms with E-state index in [0.717, 1.165) is 0 Å². The van der Waals surface area contributed by atoms with Gasteiger partial charge in [-0.1, -0.05) is 0 Å². The predicted octanol–water partition coefficient (Wildman–Crippen LogP) is -1.91. The molecule has 0 bridgehead atoms. The maximum absolute atomic E-state index is 2.87. The van der Waals surface area contributed by atoms with E-state index in [2.05, 4.69) is 28.4 Å². The molecule has 0 aromatic heterocycles. The monoisotopic (exact) mass is 300 g/mol. The van der Waals surface area contributed by atoms with E-state index in [1.165, 1.54) is 78.0 Å². The predicted molar refractivity (Wildman–Crippen MR) is 89.6 cm³/mol. The van der Waals surface area contributed by atoms with Crippen LogP contribution in [-0.4, -0.2) is 106 Å². The summed E-state index contributed by atoms with van der Waals surface area (Å²) in [5.41, 5.74) is 0. The van der Waals surface area contributed by atoms with Gasteiger partial charge in [-0.15, -0.1) is 0 Å². The summed E-state index contributed by atoms with van der Waals surface area (Å²) in [4.78, 5) is 11.2. The number of rotatable bonds is 0. The highest BCUT2D eigenvalue weighted by atomic mass is 15.5. The molecule has 6 aliphatic heterocycles. The minimum Gasteiger partial charge on any atom is -0.448 e. The van der Waals surface area contributed by atoms with Crippen molar-refractivity contribution in [1.82, 2.24) is 19.4 Å². The van der Waals surface area contributed by atoms with Gasteiger partial charge in [0.2, 0.25) is 13.7 Å². The number of hydrogen-bond donors (Lipinski definition) is 0. The lowest BCUT2D eigenvalue weighted by molar-refractivity contribution is -0.411. The van der Waals surface area contributed by atoms with Crippen LogP contribution in [0.2, 0.25) is 0 Å². The quantitative estimate of drug-likeness (QED) is 0.486. The molecule has 0 spiro atoms. The summed E-state index contributed by atoms with van der Waals surface area (Å²) in [6.07, 6.45) is 5.44. The van der Waals surface area contributed by atoms with Gasteiger partial charge < -0.3 is 18.6 Å². The molecular weight excluding hydrogens is 274 g/mol. The minimum absolute atomic E-state index is 0.351. The number of hydrogen-bond acceptors (Lipinski definition) is 4. The molecule has 0 aromatic carbocycles. The number of guanidine groups is 2. The Hall–Kier alpha value is -1.33. The van der Waals surface area contributed by atoms with Crippen LogP contribution in [0.4, 0.5) is 0 Å². The van der Waals surface area contributed by atoms with Crippen molar-refractivity contribution in [2.75, 3.05) is 52.4 Å². The third kappa shape index (κ3) is 1.31. The molecular formula is C14H26B2N6. The van der Waals surface area contributed by atoms with Crippen LogP contribution in [0.25, 0.3) is 0 Å². The topological polar surface area (TPSA) is 19.0 Å². The zero-order valence-electron chi connectivity index (χ0n) is 13.6. The fourth-order valence-corrected chi connectivity index (χ4v) is 6.79. The Morgan fingerprint density at radius 3 is 1.55 bits per heavy atom. The van der Waals surface area contributed by atoms with Gasteiger partial charge in [0.1, 0.15) is 0 Å². The molecule has 118 valence electrons. The lowest BCUT2D eigenvalue weighted by Crippen LogP contribution is -2.60. The standard InChI is InChI=1S/C14H26B2N6/c1-5-17-6-2-10-20-13(17)19(9-1)15-16(20)22-12-4-8-18-7-3-11-21(15)14(18)22/h15-16H,1-12H2. The first-order valence-corrected chi connectivity index (χ1v) is 9.64. The zero-order valence-corrected chi connectivity index (χ0v) is 13.6. The molecule has 0 amide bonds. The van der Waals surface area contributed by atoms with E-state index >= 15 is 0 Å². The van der Waals surface area contributed by atoms with Crippen molar-refractivity contribution in [2.45, 2.75) is 25.7 Å². The van der Waals surface area contributed by atoms with E-state index in [4.69, 9.17) is 0 Å². The Morgan fingerprint density at radius 2 is 1.05 bits per heavy atom. The first-order valence-electron chi connectivity index (χ1n) is 9.64. The van der Waals surface area contributed by atoms with Crippen LogP contribution in [0.15, 0.2) is 0 Å². The van der Waals surface area contributed by atoms with E-state index in [1.807, 2.05) is 0 Å². The summed E-state index contributed by atoms with van der Waals surface area (Å²) in [7, 11) is 0. The van der Waals surface area contributed by atoms with Crippen molar-refractivity contribution in [3.63, 3.8) is 0 Å². The first kappa shape index (κ1) is 12.1. The summed E-state index contributed by atoms with van der Waals surface area (Å²) >= 11 is 0. The second kappa shape index (κ2) is 4.15. The van der Waals surface area contributed by atoms with Crippen LogP contribution < -0.4 is 0 Å². The summed E-state index contributed by atoms with van der Waals surface area (Å²) < 4.78 is 5.74. The van der Waals surface area contributed by atoms with Crippen LogP contribution >= 0.6 is 0 Å². The van der Waals surface area contributed by atoms with Crippen LogP contribution in [-0.2, 0) is 0 Å². The van der Waals surface area contributed by atoms with E-state index in [1.54, 1.807) is 11.9 Å². The Bertz CT molecular complexity index is 552. The molecule has 6 heterocycles. The normalized spacial score (nSPS) is 36.0. The fraction of sp³-hybridized carbons (Fsp3) is 0.857. The molecule has 6 rings (SSSR count). The van der Waals surface area contributed by atoms with Crippen molar-refractivity contribution < 1.29 is 8.97 Å². The van der Waals surface area contributed by atoms with Gasteiger partial charge in [0, 0.05) is 51.9 Å². The van der Waals surface area contributed by atoms with Crippen LogP contribution in [0, 0.1) is 0 Å². The highest BCUT2D eigenvalue weighted by Crippen LogP contribution is 2.31. The molecule has 0 radical (unpaired) electrons. The molecule has 6 aliphatic rings. The third-order valence-corrected chi connectivity index (χ3v) is 7.28. The van der Waals surface area contributed by atoms with Gasteiger partial charge in [0.05, 0.1) is 26.2 Å². The van der Waals surface area contributed by atoms with Gasteiger partial charge in [-0.05, 0) is 0 Å². The Morgan fingerprint density at radius 1 is 0.591 bits per heavy atom. The number of fused-ring (bicyclic) bond motifs is 5. The van der Waals surface area contributed by atoms with Gasteiger partial charge in [-0.2, -0.15) is 0 Å². The first-order chi connectivity index (χ1) is 10.9. The molecule has 8 heteroatoms. The molecule has 2 saturated heterocycles. The second-order valence-electron chi connectivity index (χ2n) is 8.22. The molecule has 0 aliphatic carbocycles. The molecule has 0 saturated carbocycles. The van der Waals surface area contributed by atoms with Crippen molar-refractivity contribution in [2.24, 2.45) is 0 Å². The molecule has 0 N–H and O–H groups in total. The minimum atomic E-state index is -0.351. The summed E-state index contributed by atoms with van der Waals surface area (Å²) in [5.74, 6) is 3.28. The van der Waals surface area contributed by atoms with E-state index in [9.17, 15) is 0 Å². The van der Waals surface area contributed by atoms with E-state index in [-0.39, 0.29) is 13.7 Å². The molecule has 2 unspecified atom stereocenters. The highest BCUT2D eigenvalue weighted by Gasteiger charge is 2.55. The average molecular weight is 300 g/mol. The van der Waals surface area contributed by atoms with Gasteiger partial charge in [0.15, 0.2) is 0 Å². The molecule has 2 atom stereocenters. The van der Waals surface area contributed by atoms with Crippen LogP contribution in [0.1, 0.15) is 25.7 Å².